The van der Waals surface area contributed by atoms with Gasteiger partial charge >= 0.3 is 6.18 Å². The molecule has 1 saturated heterocycles. The van der Waals surface area contributed by atoms with Gasteiger partial charge in [-0.05, 0) is 69.2 Å². The van der Waals surface area contributed by atoms with Crippen molar-refractivity contribution in [1.29, 1.82) is 0 Å². The van der Waals surface area contributed by atoms with Crippen LogP contribution in [0.5, 0.6) is 0 Å². The second kappa shape index (κ2) is 12.3. The van der Waals surface area contributed by atoms with Crippen molar-refractivity contribution in [3.63, 3.8) is 0 Å². The minimum atomic E-state index is -4.44. The summed E-state index contributed by atoms with van der Waals surface area (Å²) >= 11 is 5.75. The van der Waals surface area contributed by atoms with Crippen molar-refractivity contribution in [1.82, 2.24) is 10.2 Å². The Hall–Kier alpha value is -1.51. The zero-order valence-electron chi connectivity index (χ0n) is 19.3. The molecule has 0 aromatic heterocycles. The first-order valence-corrected chi connectivity index (χ1v) is 12.3. The first-order chi connectivity index (χ1) is 15.8. The summed E-state index contributed by atoms with van der Waals surface area (Å²) in [7, 11) is 1.64. The van der Waals surface area contributed by atoms with E-state index in [0.29, 0.717) is 43.8 Å². The van der Waals surface area contributed by atoms with Crippen LogP contribution >= 0.6 is 11.6 Å². The molecule has 33 heavy (non-hydrogen) atoms. The number of ether oxygens (including phenoxy) is 1. The molecule has 186 valence electrons. The number of nitrogens with zero attached hydrogens (tertiary/aromatic N) is 2. The number of amides is 1. The Bertz CT molecular complexity index is 762. The van der Waals surface area contributed by atoms with E-state index in [-0.39, 0.29) is 10.9 Å². The smallest absolute Gasteiger partial charge is 0.385 e. The maximum Gasteiger partial charge on any atom is 0.417 e. The van der Waals surface area contributed by atoms with E-state index in [1.54, 1.807) is 13.2 Å². The molecule has 1 heterocycles. The Kier molecular flexibility index (Phi) is 9.70. The van der Waals surface area contributed by atoms with E-state index >= 15 is 0 Å². The van der Waals surface area contributed by atoms with Crippen molar-refractivity contribution in [2.75, 3.05) is 51.3 Å². The lowest BCUT2D eigenvalue weighted by Gasteiger charge is -2.37. The third-order valence-electron chi connectivity index (χ3n) is 6.81. The molecule has 1 aromatic rings. The highest BCUT2D eigenvalue weighted by Crippen LogP contribution is 2.37. The zero-order chi connectivity index (χ0) is 23.8. The predicted octanol–water partition coefficient (Wildman–Crippen LogP) is 4.97. The zero-order valence-corrected chi connectivity index (χ0v) is 20.1. The Labute approximate surface area is 199 Å². The summed E-state index contributed by atoms with van der Waals surface area (Å²) in [6, 6.07) is 4.46. The molecule has 1 N–H and O–H groups in total. The van der Waals surface area contributed by atoms with Crippen LogP contribution in [0.25, 0.3) is 0 Å². The van der Waals surface area contributed by atoms with Gasteiger partial charge in [0.25, 0.3) is 0 Å². The number of halogens is 4. The molecule has 1 saturated carbocycles. The molecule has 9 heteroatoms. The summed E-state index contributed by atoms with van der Waals surface area (Å²) in [4.78, 5) is 16.4. The van der Waals surface area contributed by atoms with Crippen molar-refractivity contribution < 1.29 is 22.7 Å². The number of methoxy groups -OCH3 is 1. The lowest BCUT2D eigenvalue weighted by molar-refractivity contribution is -0.137. The van der Waals surface area contributed by atoms with Gasteiger partial charge in [0.1, 0.15) is 0 Å². The van der Waals surface area contributed by atoms with E-state index in [2.05, 4.69) is 10.2 Å². The quantitative estimate of drug-likeness (QED) is 0.497. The number of hydrogen-bond donors (Lipinski definition) is 1. The fourth-order valence-corrected chi connectivity index (χ4v) is 5.02. The summed E-state index contributed by atoms with van der Waals surface area (Å²) in [5.41, 5.74) is -0.195. The van der Waals surface area contributed by atoms with Gasteiger partial charge in [0.05, 0.1) is 10.6 Å². The topological polar surface area (TPSA) is 44.8 Å². The number of rotatable bonds is 9. The largest absolute Gasteiger partial charge is 0.417 e. The van der Waals surface area contributed by atoms with Gasteiger partial charge in [-0.15, -0.1) is 0 Å². The van der Waals surface area contributed by atoms with E-state index in [0.717, 1.165) is 64.2 Å². The van der Waals surface area contributed by atoms with Gasteiger partial charge < -0.3 is 15.0 Å². The van der Waals surface area contributed by atoms with Gasteiger partial charge in [-0.3, -0.25) is 9.69 Å². The number of carbonyl (C=O) groups excluding carboxylic acids is 1. The maximum atomic E-state index is 13.1. The average molecular weight is 490 g/mol. The molecule has 1 amide bonds. The van der Waals surface area contributed by atoms with Crippen molar-refractivity contribution in [3.8, 4) is 0 Å². The number of carbonyl (C=O) groups is 1. The average Bonchev–Trinajstić information content (AvgIpc) is 2.79. The lowest BCUT2D eigenvalue weighted by atomic mass is 9.84. The molecular formula is C24H35ClF3N3O2. The van der Waals surface area contributed by atoms with Crippen LogP contribution in [0.2, 0.25) is 5.02 Å². The molecule has 0 unspecified atom stereocenters. The van der Waals surface area contributed by atoms with Crippen molar-refractivity contribution in [2.45, 2.75) is 57.2 Å². The van der Waals surface area contributed by atoms with Crippen LogP contribution in [0.3, 0.4) is 0 Å². The first-order valence-electron chi connectivity index (χ1n) is 11.9. The van der Waals surface area contributed by atoms with Gasteiger partial charge in [0, 0.05) is 58.0 Å². The predicted molar refractivity (Wildman–Crippen MR) is 125 cm³/mol. The van der Waals surface area contributed by atoms with Crippen LogP contribution < -0.4 is 10.2 Å². The summed E-state index contributed by atoms with van der Waals surface area (Å²) in [6.45, 7) is 4.74. The number of benzene rings is 1. The van der Waals surface area contributed by atoms with E-state index in [1.165, 1.54) is 6.07 Å². The molecule has 0 atom stereocenters. The molecule has 0 radical (unpaired) electrons. The van der Waals surface area contributed by atoms with Gasteiger partial charge in [-0.25, -0.2) is 0 Å². The van der Waals surface area contributed by atoms with Gasteiger partial charge in [0.2, 0.25) is 5.91 Å². The maximum absolute atomic E-state index is 13.1. The monoisotopic (exact) mass is 489 g/mol. The fraction of sp³-hybridized carbons (Fsp3) is 0.708. The van der Waals surface area contributed by atoms with Crippen LogP contribution in [0.1, 0.15) is 50.5 Å². The molecule has 0 bridgehead atoms. The highest BCUT2D eigenvalue weighted by atomic mass is 35.5. The van der Waals surface area contributed by atoms with Crippen LogP contribution in [0.4, 0.5) is 18.9 Å². The minimum Gasteiger partial charge on any atom is -0.385 e. The standard InChI is InChI=1S/C24H35ClF3N3O2/c1-33-16-2-3-23(32)29-19-6-4-18(5-7-19)10-11-30-12-14-31(15-13-30)20-8-9-22(25)21(17-20)24(26,27)28/h8-9,17-19H,2-7,10-16H2,1H3,(H,29,32)/t18-,19-. The van der Waals surface area contributed by atoms with Crippen LogP contribution in [0, 0.1) is 5.92 Å². The molecule has 1 aliphatic heterocycles. The van der Waals surface area contributed by atoms with E-state index in [1.807, 2.05) is 4.90 Å². The first kappa shape index (κ1) is 26.1. The van der Waals surface area contributed by atoms with E-state index in [4.69, 9.17) is 16.3 Å². The minimum absolute atomic E-state index is 0.122. The Morgan fingerprint density at radius 3 is 2.48 bits per heavy atom. The number of alkyl halides is 3. The third kappa shape index (κ3) is 8.04. The number of anilines is 1. The Morgan fingerprint density at radius 2 is 1.85 bits per heavy atom. The van der Waals surface area contributed by atoms with Gasteiger partial charge in [0.15, 0.2) is 0 Å². The number of hydrogen-bond acceptors (Lipinski definition) is 4. The molecule has 2 aliphatic rings. The molecule has 5 nitrogen and oxygen atoms in total. The Balaban J connectivity index is 1.35. The van der Waals surface area contributed by atoms with Gasteiger partial charge in [-0.1, -0.05) is 11.6 Å². The number of nitrogens with one attached hydrogen (secondary N) is 1. The Morgan fingerprint density at radius 1 is 1.15 bits per heavy atom. The summed E-state index contributed by atoms with van der Waals surface area (Å²) in [5.74, 6) is 0.798. The fourth-order valence-electron chi connectivity index (χ4n) is 4.79. The summed E-state index contributed by atoms with van der Waals surface area (Å²) in [5, 5.41) is 2.89. The summed E-state index contributed by atoms with van der Waals surface area (Å²) < 4.78 is 44.4. The van der Waals surface area contributed by atoms with Crippen molar-refractivity contribution >= 4 is 23.2 Å². The number of piperazine rings is 1. The molecule has 0 spiro atoms. The molecule has 1 aromatic carbocycles. The SMILES string of the molecule is COCCCC(=O)N[C@H]1CC[C@H](CCN2CCN(c3ccc(Cl)c(C(F)(F)F)c3)CC2)CC1. The van der Waals surface area contributed by atoms with E-state index in [9.17, 15) is 18.0 Å². The van der Waals surface area contributed by atoms with Crippen LogP contribution in [-0.4, -0.2) is 63.3 Å². The molecule has 3 rings (SSSR count). The molecule has 1 aliphatic carbocycles. The van der Waals surface area contributed by atoms with E-state index < -0.39 is 11.7 Å². The normalized spacial score (nSPS) is 22.4. The summed E-state index contributed by atoms with van der Waals surface area (Å²) in [6.07, 6.45) is 2.30. The van der Waals surface area contributed by atoms with Crippen molar-refractivity contribution in [2.24, 2.45) is 5.92 Å². The van der Waals surface area contributed by atoms with Crippen LogP contribution in [0.15, 0.2) is 18.2 Å². The highest BCUT2D eigenvalue weighted by molar-refractivity contribution is 6.31. The molecule has 2 fully saturated rings. The van der Waals surface area contributed by atoms with Crippen molar-refractivity contribution in [3.05, 3.63) is 28.8 Å². The highest BCUT2D eigenvalue weighted by Gasteiger charge is 2.34. The second-order valence-electron chi connectivity index (χ2n) is 9.16. The van der Waals surface area contributed by atoms with Crippen LogP contribution in [-0.2, 0) is 15.7 Å². The third-order valence-corrected chi connectivity index (χ3v) is 7.14. The lowest BCUT2D eigenvalue weighted by Crippen LogP contribution is -2.47. The second-order valence-corrected chi connectivity index (χ2v) is 9.57. The molecular weight excluding hydrogens is 455 g/mol. The van der Waals surface area contributed by atoms with Gasteiger partial charge in [-0.2, -0.15) is 13.2 Å².